The summed E-state index contributed by atoms with van der Waals surface area (Å²) in [6.07, 6.45) is 0.332. The van der Waals surface area contributed by atoms with Gasteiger partial charge < -0.3 is 9.47 Å². The standard InChI is InChI=1S/C16H18ClN5OS/c1-3-22-15(12-5-7-13(17)8-6-12)19-20-16(22)24-11-14(23)21(2)10-4-9-18/h5-8H,3-4,10-11H2,1-2H3. The van der Waals surface area contributed by atoms with E-state index in [1.807, 2.05) is 41.8 Å². The van der Waals surface area contributed by atoms with Gasteiger partial charge in [-0.15, -0.1) is 10.2 Å². The number of carbonyl (C=O) groups is 1. The van der Waals surface area contributed by atoms with Crippen molar-refractivity contribution < 1.29 is 4.79 Å². The third-order valence-electron chi connectivity index (χ3n) is 3.45. The fourth-order valence-corrected chi connectivity index (χ4v) is 3.14. The summed E-state index contributed by atoms with van der Waals surface area (Å²) < 4.78 is 1.97. The zero-order chi connectivity index (χ0) is 17.5. The molecule has 24 heavy (non-hydrogen) atoms. The first kappa shape index (κ1) is 18.3. The second kappa shape index (κ2) is 8.71. The van der Waals surface area contributed by atoms with Crippen molar-refractivity contribution in [3.63, 3.8) is 0 Å². The van der Waals surface area contributed by atoms with Crippen LogP contribution in [0.25, 0.3) is 11.4 Å². The quantitative estimate of drug-likeness (QED) is 0.706. The van der Waals surface area contributed by atoms with Crippen molar-refractivity contribution in [3.05, 3.63) is 29.3 Å². The van der Waals surface area contributed by atoms with E-state index >= 15 is 0 Å². The van der Waals surface area contributed by atoms with Crippen LogP contribution in [0.1, 0.15) is 13.3 Å². The van der Waals surface area contributed by atoms with Gasteiger partial charge in [-0.25, -0.2) is 0 Å². The Morgan fingerprint density at radius 1 is 1.38 bits per heavy atom. The first-order valence-electron chi connectivity index (χ1n) is 7.49. The Labute approximate surface area is 150 Å². The lowest BCUT2D eigenvalue weighted by Gasteiger charge is -2.15. The molecule has 2 aromatic rings. The molecule has 0 atom stereocenters. The molecule has 6 nitrogen and oxygen atoms in total. The van der Waals surface area contributed by atoms with Crippen molar-refractivity contribution in [1.29, 1.82) is 5.26 Å². The largest absolute Gasteiger partial charge is 0.344 e. The molecular weight excluding hydrogens is 346 g/mol. The third kappa shape index (κ3) is 4.49. The molecule has 0 bridgehead atoms. The Kier molecular flexibility index (Phi) is 6.64. The minimum atomic E-state index is -0.0334. The molecule has 0 radical (unpaired) electrons. The molecule has 1 amide bonds. The molecule has 1 aromatic heterocycles. The molecule has 126 valence electrons. The summed E-state index contributed by atoms with van der Waals surface area (Å²) in [5.41, 5.74) is 0.929. The Balaban J connectivity index is 2.08. The van der Waals surface area contributed by atoms with Crippen molar-refractivity contribution in [1.82, 2.24) is 19.7 Å². The van der Waals surface area contributed by atoms with Crippen LogP contribution < -0.4 is 0 Å². The van der Waals surface area contributed by atoms with E-state index in [1.54, 1.807) is 11.9 Å². The van der Waals surface area contributed by atoms with Crippen molar-refractivity contribution in [2.75, 3.05) is 19.3 Å². The summed E-state index contributed by atoms with van der Waals surface area (Å²) in [5.74, 6) is 0.983. The highest BCUT2D eigenvalue weighted by molar-refractivity contribution is 7.99. The lowest BCUT2D eigenvalue weighted by molar-refractivity contribution is -0.127. The lowest BCUT2D eigenvalue weighted by atomic mass is 10.2. The summed E-state index contributed by atoms with van der Waals surface area (Å²) in [7, 11) is 1.70. The number of rotatable bonds is 7. The number of nitriles is 1. The van der Waals surface area contributed by atoms with Gasteiger partial charge in [0.25, 0.3) is 0 Å². The van der Waals surface area contributed by atoms with Gasteiger partial charge in [0.1, 0.15) is 0 Å². The van der Waals surface area contributed by atoms with E-state index < -0.39 is 0 Å². The number of carbonyl (C=O) groups excluding carboxylic acids is 1. The first-order valence-corrected chi connectivity index (χ1v) is 8.86. The fourth-order valence-electron chi connectivity index (χ4n) is 2.07. The van der Waals surface area contributed by atoms with Crippen LogP contribution >= 0.6 is 23.4 Å². The minimum absolute atomic E-state index is 0.0334. The first-order chi connectivity index (χ1) is 11.6. The number of aromatic nitrogens is 3. The van der Waals surface area contributed by atoms with Gasteiger partial charge in [0.15, 0.2) is 11.0 Å². The number of amides is 1. The molecule has 1 aromatic carbocycles. The molecule has 0 spiro atoms. The summed E-state index contributed by atoms with van der Waals surface area (Å²) in [6.45, 7) is 3.14. The zero-order valence-corrected chi connectivity index (χ0v) is 15.1. The molecule has 0 aliphatic heterocycles. The van der Waals surface area contributed by atoms with E-state index in [-0.39, 0.29) is 11.7 Å². The van der Waals surface area contributed by atoms with Crippen LogP contribution in [-0.2, 0) is 11.3 Å². The van der Waals surface area contributed by atoms with Gasteiger partial charge in [0, 0.05) is 30.7 Å². The molecule has 0 saturated heterocycles. The number of nitrogens with zero attached hydrogens (tertiary/aromatic N) is 5. The number of hydrogen-bond acceptors (Lipinski definition) is 5. The maximum Gasteiger partial charge on any atom is 0.232 e. The Morgan fingerprint density at radius 2 is 2.08 bits per heavy atom. The van der Waals surface area contributed by atoms with Gasteiger partial charge >= 0.3 is 0 Å². The van der Waals surface area contributed by atoms with E-state index in [2.05, 4.69) is 10.2 Å². The molecule has 0 unspecified atom stereocenters. The normalized spacial score (nSPS) is 10.4. The van der Waals surface area contributed by atoms with Gasteiger partial charge in [-0.3, -0.25) is 4.79 Å². The lowest BCUT2D eigenvalue weighted by Crippen LogP contribution is -2.29. The third-order valence-corrected chi connectivity index (χ3v) is 4.65. The van der Waals surface area contributed by atoms with Crippen molar-refractivity contribution in [3.8, 4) is 17.5 Å². The molecule has 0 fully saturated rings. The molecule has 1 heterocycles. The Bertz CT molecular complexity index is 738. The predicted molar refractivity (Wildman–Crippen MR) is 94.7 cm³/mol. The molecule has 0 aliphatic rings. The fraction of sp³-hybridized carbons (Fsp3) is 0.375. The van der Waals surface area contributed by atoms with E-state index in [0.29, 0.717) is 29.7 Å². The summed E-state index contributed by atoms with van der Waals surface area (Å²) in [5, 5.41) is 18.4. The number of benzene rings is 1. The summed E-state index contributed by atoms with van der Waals surface area (Å²) in [6, 6.07) is 9.45. The van der Waals surface area contributed by atoms with Crippen LogP contribution in [0, 0.1) is 11.3 Å². The molecule has 2 rings (SSSR count). The zero-order valence-electron chi connectivity index (χ0n) is 13.6. The Hall–Kier alpha value is -2.04. The van der Waals surface area contributed by atoms with Crippen LogP contribution in [0.3, 0.4) is 0 Å². The van der Waals surface area contributed by atoms with Gasteiger partial charge in [-0.2, -0.15) is 5.26 Å². The molecule has 8 heteroatoms. The van der Waals surface area contributed by atoms with Crippen LogP contribution in [0.15, 0.2) is 29.4 Å². The van der Waals surface area contributed by atoms with E-state index in [4.69, 9.17) is 16.9 Å². The van der Waals surface area contributed by atoms with E-state index in [0.717, 1.165) is 11.4 Å². The average Bonchev–Trinajstić information content (AvgIpc) is 3.01. The maximum absolute atomic E-state index is 12.1. The minimum Gasteiger partial charge on any atom is -0.344 e. The second-order valence-corrected chi connectivity index (χ2v) is 6.45. The second-order valence-electron chi connectivity index (χ2n) is 5.07. The van der Waals surface area contributed by atoms with Crippen molar-refractivity contribution >= 4 is 29.3 Å². The van der Waals surface area contributed by atoms with Gasteiger partial charge in [-0.05, 0) is 31.2 Å². The Morgan fingerprint density at radius 3 is 2.71 bits per heavy atom. The molecule has 0 aliphatic carbocycles. The topological polar surface area (TPSA) is 74.8 Å². The average molecular weight is 364 g/mol. The smallest absolute Gasteiger partial charge is 0.232 e. The van der Waals surface area contributed by atoms with Gasteiger partial charge in [0.05, 0.1) is 18.2 Å². The van der Waals surface area contributed by atoms with Gasteiger partial charge in [-0.1, -0.05) is 23.4 Å². The number of hydrogen-bond donors (Lipinski definition) is 0. The van der Waals surface area contributed by atoms with E-state index in [9.17, 15) is 4.79 Å². The number of halogens is 1. The van der Waals surface area contributed by atoms with Crippen LogP contribution in [-0.4, -0.2) is 44.9 Å². The summed E-state index contributed by atoms with van der Waals surface area (Å²) >= 11 is 7.27. The summed E-state index contributed by atoms with van der Waals surface area (Å²) in [4.78, 5) is 13.6. The highest BCUT2D eigenvalue weighted by Crippen LogP contribution is 2.25. The van der Waals surface area contributed by atoms with Crippen LogP contribution in [0.4, 0.5) is 0 Å². The van der Waals surface area contributed by atoms with Crippen molar-refractivity contribution in [2.24, 2.45) is 0 Å². The van der Waals surface area contributed by atoms with E-state index in [1.165, 1.54) is 11.8 Å². The maximum atomic E-state index is 12.1. The monoisotopic (exact) mass is 363 g/mol. The molecule has 0 saturated carbocycles. The molecular formula is C16H18ClN5OS. The molecule has 0 N–H and O–H groups in total. The van der Waals surface area contributed by atoms with Gasteiger partial charge in [0.2, 0.25) is 5.91 Å². The predicted octanol–water partition coefficient (Wildman–Crippen LogP) is 3.08. The highest BCUT2D eigenvalue weighted by Gasteiger charge is 2.16. The van der Waals surface area contributed by atoms with Crippen molar-refractivity contribution in [2.45, 2.75) is 25.0 Å². The van der Waals surface area contributed by atoms with Crippen LogP contribution in [0.5, 0.6) is 0 Å². The highest BCUT2D eigenvalue weighted by atomic mass is 35.5. The SMILES string of the molecule is CCn1c(SCC(=O)N(C)CCC#N)nnc1-c1ccc(Cl)cc1. The number of thioether (sulfide) groups is 1. The van der Waals surface area contributed by atoms with Crippen LogP contribution in [0.2, 0.25) is 5.02 Å².